The summed E-state index contributed by atoms with van der Waals surface area (Å²) in [6.45, 7) is 4.34. The Morgan fingerprint density at radius 2 is 2.00 bits per heavy atom. The Morgan fingerprint density at radius 3 is 2.71 bits per heavy atom. The van der Waals surface area contributed by atoms with Crippen LogP contribution in [0.4, 0.5) is 0 Å². The van der Waals surface area contributed by atoms with E-state index in [1.54, 1.807) is 0 Å². The largest absolute Gasteiger partial charge is 0.296 e. The zero-order valence-electron chi connectivity index (χ0n) is 13.2. The quantitative estimate of drug-likeness (QED) is 0.726. The molecule has 21 heavy (non-hydrogen) atoms. The Balaban J connectivity index is 1.96. The van der Waals surface area contributed by atoms with Crippen molar-refractivity contribution in [3.05, 3.63) is 35.4 Å². The maximum atomic E-state index is 11.2. The molecule has 0 spiro atoms. The monoisotopic (exact) mass is 309 g/mol. The number of nitrogens with zero attached hydrogens (tertiary/aromatic N) is 1. The van der Waals surface area contributed by atoms with Gasteiger partial charge in [-0.05, 0) is 43.4 Å². The Labute approximate surface area is 129 Å². The van der Waals surface area contributed by atoms with Gasteiger partial charge in [-0.3, -0.25) is 4.90 Å². The van der Waals surface area contributed by atoms with Crippen LogP contribution in [0.5, 0.6) is 0 Å². The van der Waals surface area contributed by atoms with Crippen molar-refractivity contribution in [2.24, 2.45) is 0 Å². The molecular formula is C17H27NO2S. The standard InChI is InChI=1S/C17H27NO2S/c1-3-8-17-16-10-5-4-9-15(16)11-13-18(17)12-6-7-14-21(2,19)20/h4-5,9-10,17H,3,6-8,11-14H2,1-2H3/t17-/m0/s1. The number of benzene rings is 1. The molecule has 0 radical (unpaired) electrons. The second-order valence-electron chi connectivity index (χ2n) is 6.13. The Kier molecular flexibility index (Phi) is 5.82. The van der Waals surface area contributed by atoms with E-state index in [-0.39, 0.29) is 0 Å². The van der Waals surface area contributed by atoms with Crippen molar-refractivity contribution in [2.45, 2.75) is 45.1 Å². The van der Waals surface area contributed by atoms with Crippen molar-refractivity contribution in [3.63, 3.8) is 0 Å². The van der Waals surface area contributed by atoms with E-state index in [4.69, 9.17) is 0 Å². The first-order chi connectivity index (χ1) is 10.0. The van der Waals surface area contributed by atoms with Gasteiger partial charge in [-0.2, -0.15) is 0 Å². The predicted octanol–water partition coefficient (Wildman–Crippen LogP) is 3.21. The van der Waals surface area contributed by atoms with Crippen LogP contribution in [0.2, 0.25) is 0 Å². The van der Waals surface area contributed by atoms with Crippen LogP contribution in [-0.2, 0) is 16.3 Å². The first-order valence-electron chi connectivity index (χ1n) is 8.01. The van der Waals surface area contributed by atoms with E-state index in [9.17, 15) is 8.42 Å². The molecule has 0 aliphatic carbocycles. The highest BCUT2D eigenvalue weighted by atomic mass is 32.2. The highest BCUT2D eigenvalue weighted by Crippen LogP contribution is 2.33. The number of unbranched alkanes of at least 4 members (excludes halogenated alkanes) is 1. The van der Waals surface area contributed by atoms with Crippen molar-refractivity contribution in [3.8, 4) is 0 Å². The average molecular weight is 309 g/mol. The summed E-state index contributed by atoms with van der Waals surface area (Å²) in [5, 5.41) is 0. The molecular weight excluding hydrogens is 282 g/mol. The van der Waals surface area contributed by atoms with Crippen molar-refractivity contribution < 1.29 is 8.42 Å². The summed E-state index contributed by atoms with van der Waals surface area (Å²) in [6, 6.07) is 9.29. The molecule has 0 N–H and O–H groups in total. The van der Waals surface area contributed by atoms with Crippen molar-refractivity contribution in [1.82, 2.24) is 4.90 Å². The van der Waals surface area contributed by atoms with Crippen LogP contribution < -0.4 is 0 Å². The van der Waals surface area contributed by atoms with Gasteiger partial charge >= 0.3 is 0 Å². The fraction of sp³-hybridized carbons (Fsp3) is 0.647. The highest BCUT2D eigenvalue weighted by Gasteiger charge is 2.25. The van der Waals surface area contributed by atoms with Gasteiger partial charge in [-0.25, -0.2) is 8.42 Å². The molecule has 0 saturated heterocycles. The summed E-state index contributed by atoms with van der Waals surface area (Å²) in [4.78, 5) is 2.55. The first-order valence-corrected chi connectivity index (χ1v) is 10.1. The molecule has 1 aromatic rings. The third kappa shape index (κ3) is 4.82. The summed E-state index contributed by atoms with van der Waals surface area (Å²) in [5.41, 5.74) is 2.97. The number of sulfone groups is 1. The summed E-state index contributed by atoms with van der Waals surface area (Å²) in [6.07, 6.45) is 6.54. The van der Waals surface area contributed by atoms with Crippen molar-refractivity contribution >= 4 is 9.84 Å². The minimum Gasteiger partial charge on any atom is -0.296 e. The zero-order valence-corrected chi connectivity index (χ0v) is 14.0. The molecule has 1 atom stereocenters. The van der Waals surface area contributed by atoms with E-state index in [0.29, 0.717) is 11.8 Å². The SMILES string of the molecule is CCC[C@H]1c2ccccc2CCN1CCCCS(C)(=O)=O. The lowest BCUT2D eigenvalue weighted by Crippen LogP contribution is -2.36. The molecule has 0 unspecified atom stereocenters. The lowest BCUT2D eigenvalue weighted by atomic mass is 9.90. The molecule has 0 amide bonds. The van der Waals surface area contributed by atoms with Crippen LogP contribution in [0.15, 0.2) is 24.3 Å². The average Bonchev–Trinajstić information content (AvgIpc) is 2.44. The van der Waals surface area contributed by atoms with Gasteiger partial charge in [0.25, 0.3) is 0 Å². The minimum atomic E-state index is -2.82. The molecule has 118 valence electrons. The van der Waals surface area contributed by atoms with Crippen LogP contribution in [0.25, 0.3) is 0 Å². The Hall–Kier alpha value is -0.870. The molecule has 1 heterocycles. The van der Waals surface area contributed by atoms with E-state index >= 15 is 0 Å². The number of rotatable bonds is 7. The van der Waals surface area contributed by atoms with Gasteiger partial charge in [-0.1, -0.05) is 37.6 Å². The van der Waals surface area contributed by atoms with Crippen molar-refractivity contribution in [2.75, 3.05) is 25.1 Å². The molecule has 3 nitrogen and oxygen atoms in total. The maximum absolute atomic E-state index is 11.2. The number of hydrogen-bond donors (Lipinski definition) is 0. The summed E-state index contributed by atoms with van der Waals surface area (Å²) in [5.74, 6) is 0.315. The van der Waals surface area contributed by atoms with Gasteiger partial charge in [0, 0.05) is 24.6 Å². The lowest BCUT2D eigenvalue weighted by Gasteiger charge is -2.37. The van der Waals surface area contributed by atoms with Gasteiger partial charge in [0.15, 0.2) is 0 Å². The van der Waals surface area contributed by atoms with Gasteiger partial charge in [0.1, 0.15) is 9.84 Å². The van der Waals surface area contributed by atoms with Gasteiger partial charge in [0.2, 0.25) is 0 Å². The van der Waals surface area contributed by atoms with Gasteiger partial charge in [-0.15, -0.1) is 0 Å². The lowest BCUT2D eigenvalue weighted by molar-refractivity contribution is 0.172. The molecule has 0 saturated carbocycles. The molecule has 1 aromatic carbocycles. The molecule has 0 aromatic heterocycles. The van der Waals surface area contributed by atoms with Crippen LogP contribution in [0, 0.1) is 0 Å². The predicted molar refractivity (Wildman–Crippen MR) is 88.3 cm³/mol. The second kappa shape index (κ2) is 7.41. The summed E-state index contributed by atoms with van der Waals surface area (Å²) < 4.78 is 22.4. The molecule has 1 aliphatic rings. The topological polar surface area (TPSA) is 37.4 Å². The Morgan fingerprint density at radius 1 is 1.24 bits per heavy atom. The Bertz CT molecular complexity index is 554. The zero-order chi connectivity index (χ0) is 15.3. The van der Waals surface area contributed by atoms with Gasteiger partial charge in [0.05, 0.1) is 0 Å². The van der Waals surface area contributed by atoms with E-state index in [2.05, 4.69) is 36.1 Å². The van der Waals surface area contributed by atoms with Crippen molar-refractivity contribution in [1.29, 1.82) is 0 Å². The second-order valence-corrected chi connectivity index (χ2v) is 8.39. The summed E-state index contributed by atoms with van der Waals surface area (Å²) in [7, 11) is -2.82. The third-order valence-electron chi connectivity index (χ3n) is 4.30. The van der Waals surface area contributed by atoms with E-state index in [1.807, 2.05) is 0 Å². The fourth-order valence-electron chi connectivity index (χ4n) is 3.26. The van der Waals surface area contributed by atoms with Crippen LogP contribution >= 0.6 is 0 Å². The van der Waals surface area contributed by atoms with Crippen LogP contribution in [0.1, 0.15) is 49.8 Å². The number of fused-ring (bicyclic) bond motifs is 1. The molecule has 1 aliphatic heterocycles. The van der Waals surface area contributed by atoms with E-state index in [1.165, 1.54) is 30.2 Å². The van der Waals surface area contributed by atoms with Gasteiger partial charge < -0.3 is 0 Å². The molecule has 4 heteroatoms. The van der Waals surface area contributed by atoms with Crippen LogP contribution in [-0.4, -0.2) is 38.4 Å². The maximum Gasteiger partial charge on any atom is 0.147 e. The normalized spacial score (nSPS) is 19.4. The van der Waals surface area contributed by atoms with Crippen LogP contribution in [0.3, 0.4) is 0 Å². The number of hydrogen-bond acceptors (Lipinski definition) is 3. The molecule has 2 rings (SSSR count). The molecule has 0 fully saturated rings. The molecule has 0 bridgehead atoms. The highest BCUT2D eigenvalue weighted by molar-refractivity contribution is 7.90. The first kappa shape index (κ1) is 16.5. The van der Waals surface area contributed by atoms with E-state index in [0.717, 1.165) is 32.4 Å². The van der Waals surface area contributed by atoms with E-state index < -0.39 is 9.84 Å². The smallest absolute Gasteiger partial charge is 0.147 e. The third-order valence-corrected chi connectivity index (χ3v) is 5.33. The minimum absolute atomic E-state index is 0.315. The fourth-order valence-corrected chi connectivity index (χ4v) is 3.99. The summed E-state index contributed by atoms with van der Waals surface area (Å²) >= 11 is 0.